The molecule has 38 heavy (non-hydrogen) atoms. The molecule has 0 unspecified atom stereocenters. The van der Waals surface area contributed by atoms with Gasteiger partial charge in [-0.3, -0.25) is 9.59 Å². The first-order chi connectivity index (χ1) is 18.5. The fraction of sp³-hybridized carbons (Fsp3) is 0.231. The van der Waals surface area contributed by atoms with Crippen LogP contribution in [0.25, 0.3) is 11.1 Å². The van der Waals surface area contributed by atoms with Gasteiger partial charge in [0.05, 0.1) is 32.8 Å². The largest absolute Gasteiger partial charge is 0.319 e. The van der Waals surface area contributed by atoms with E-state index in [-0.39, 0.29) is 11.8 Å². The number of anilines is 2. The highest BCUT2D eigenvalue weighted by Gasteiger charge is 2.22. The Hall–Kier alpha value is -2.86. The molecule has 0 atom stereocenters. The van der Waals surface area contributed by atoms with Crippen molar-refractivity contribution in [2.45, 2.75) is 25.9 Å². The average Bonchev–Trinajstić information content (AvgIpc) is 3.56. The first-order valence-electron chi connectivity index (χ1n) is 12.1. The summed E-state index contributed by atoms with van der Waals surface area (Å²) in [4.78, 5) is 37.1. The number of amides is 2. The van der Waals surface area contributed by atoms with Crippen LogP contribution in [-0.2, 0) is 25.9 Å². The summed E-state index contributed by atoms with van der Waals surface area (Å²) in [6.07, 6.45) is 1.62. The highest BCUT2D eigenvalue weighted by molar-refractivity contribution is 7.14. The molecule has 12 heteroatoms. The third-order valence-electron chi connectivity index (χ3n) is 6.38. The Bertz CT molecular complexity index is 1400. The Morgan fingerprint density at radius 3 is 1.61 bits per heavy atom. The van der Waals surface area contributed by atoms with E-state index in [0.29, 0.717) is 42.6 Å². The van der Waals surface area contributed by atoms with Crippen LogP contribution in [0.3, 0.4) is 0 Å². The molecule has 4 N–H and O–H groups in total. The predicted octanol–water partition coefficient (Wildman–Crippen LogP) is 5.37. The molecule has 2 aromatic carbocycles. The third kappa shape index (κ3) is 4.95. The Morgan fingerprint density at radius 2 is 1.18 bits per heavy atom. The fourth-order valence-electron chi connectivity index (χ4n) is 4.47. The minimum absolute atomic E-state index is 0.308. The van der Waals surface area contributed by atoms with Crippen molar-refractivity contribution in [3.8, 4) is 11.1 Å². The van der Waals surface area contributed by atoms with Crippen molar-refractivity contribution in [3.05, 3.63) is 77.6 Å². The monoisotopic (exact) mass is 584 g/mol. The van der Waals surface area contributed by atoms with Crippen LogP contribution in [0.2, 0.25) is 10.0 Å². The molecule has 0 spiro atoms. The number of benzene rings is 2. The zero-order chi connectivity index (χ0) is 26.2. The van der Waals surface area contributed by atoms with Crippen molar-refractivity contribution in [3.63, 3.8) is 0 Å². The summed E-state index contributed by atoms with van der Waals surface area (Å²) < 4.78 is 0. The van der Waals surface area contributed by atoms with Crippen molar-refractivity contribution in [1.29, 1.82) is 0 Å². The molecule has 0 fully saturated rings. The normalized spacial score (nSPS) is 14.5. The molecule has 0 radical (unpaired) electrons. The second-order valence-corrected chi connectivity index (χ2v) is 11.8. The Balaban J connectivity index is 1.23. The molecule has 4 heterocycles. The third-order valence-corrected chi connectivity index (χ3v) is 9.38. The van der Waals surface area contributed by atoms with Crippen molar-refractivity contribution < 1.29 is 9.59 Å². The summed E-state index contributed by atoms with van der Waals surface area (Å²) in [7, 11) is 0. The summed E-state index contributed by atoms with van der Waals surface area (Å²) in [5, 5.41) is 13.9. The number of rotatable bonds is 5. The number of carbonyl (C=O) groups excluding carboxylic acids is 2. The van der Waals surface area contributed by atoms with E-state index in [9.17, 15) is 9.59 Å². The standard InChI is InChI=1S/C26H22Cl2N6O2S2/c27-21-13(3-1-5-17(21)31-23(35)25-33-15-7-9-29-11-19(15)37-25)14-4-2-6-18(22(14)28)32-24(36)26-34-16-8-10-30-12-20(16)38-26/h1-6,29-30H,7-12H2,(H,31,35)(H,32,36). The van der Waals surface area contributed by atoms with Crippen LogP contribution in [0, 0.1) is 0 Å². The van der Waals surface area contributed by atoms with Crippen LogP contribution >= 0.6 is 45.9 Å². The van der Waals surface area contributed by atoms with E-state index in [1.807, 2.05) is 12.1 Å². The van der Waals surface area contributed by atoms with Gasteiger partial charge in [-0.1, -0.05) is 47.5 Å². The van der Waals surface area contributed by atoms with Gasteiger partial charge >= 0.3 is 0 Å². The zero-order valence-electron chi connectivity index (χ0n) is 20.0. The van der Waals surface area contributed by atoms with Gasteiger partial charge in [-0.25, -0.2) is 9.97 Å². The van der Waals surface area contributed by atoms with Gasteiger partial charge in [-0.2, -0.15) is 0 Å². The van der Waals surface area contributed by atoms with Crippen LogP contribution in [0.4, 0.5) is 11.4 Å². The van der Waals surface area contributed by atoms with Gasteiger partial charge in [0.25, 0.3) is 11.8 Å². The van der Waals surface area contributed by atoms with Gasteiger partial charge in [-0.05, 0) is 12.1 Å². The summed E-state index contributed by atoms with van der Waals surface area (Å²) in [5.74, 6) is -0.617. The van der Waals surface area contributed by atoms with Gasteiger partial charge in [0.1, 0.15) is 0 Å². The van der Waals surface area contributed by atoms with Crippen molar-refractivity contribution in [2.75, 3.05) is 23.7 Å². The quantitative estimate of drug-likeness (QED) is 0.251. The zero-order valence-corrected chi connectivity index (χ0v) is 23.1. The van der Waals surface area contributed by atoms with E-state index in [1.165, 1.54) is 22.7 Å². The van der Waals surface area contributed by atoms with Crippen LogP contribution < -0.4 is 21.3 Å². The first kappa shape index (κ1) is 25.4. The lowest BCUT2D eigenvalue weighted by Crippen LogP contribution is -2.22. The van der Waals surface area contributed by atoms with Gasteiger partial charge in [0.2, 0.25) is 0 Å². The molecule has 4 aromatic rings. The minimum atomic E-state index is -0.308. The predicted molar refractivity (Wildman–Crippen MR) is 153 cm³/mol. The molecule has 0 saturated carbocycles. The van der Waals surface area contributed by atoms with E-state index >= 15 is 0 Å². The highest BCUT2D eigenvalue weighted by atomic mass is 35.5. The summed E-state index contributed by atoms with van der Waals surface area (Å²) in [5.41, 5.74) is 4.10. The topological polar surface area (TPSA) is 108 Å². The first-order valence-corrected chi connectivity index (χ1v) is 14.5. The van der Waals surface area contributed by atoms with Crippen LogP contribution in [0.1, 0.15) is 40.7 Å². The lowest BCUT2D eigenvalue weighted by molar-refractivity contribution is 0.101. The number of hydrogen-bond acceptors (Lipinski definition) is 8. The number of fused-ring (bicyclic) bond motifs is 2. The molecule has 194 valence electrons. The molecule has 2 amide bonds. The van der Waals surface area contributed by atoms with Gasteiger partial charge in [0, 0.05) is 59.9 Å². The number of thiazole rings is 2. The minimum Gasteiger partial charge on any atom is -0.319 e. The maximum Gasteiger partial charge on any atom is 0.284 e. The average molecular weight is 586 g/mol. The number of aromatic nitrogens is 2. The lowest BCUT2D eigenvalue weighted by atomic mass is 10.0. The molecule has 2 aromatic heterocycles. The molecule has 2 aliphatic rings. The van der Waals surface area contributed by atoms with Crippen LogP contribution in [0.5, 0.6) is 0 Å². The summed E-state index contributed by atoms with van der Waals surface area (Å²) in [6.45, 7) is 3.17. The Kier molecular flexibility index (Phi) is 7.17. The van der Waals surface area contributed by atoms with Gasteiger partial charge in [0.15, 0.2) is 10.0 Å². The van der Waals surface area contributed by atoms with E-state index in [4.69, 9.17) is 23.2 Å². The number of nitrogens with zero attached hydrogens (tertiary/aromatic N) is 2. The number of hydrogen-bond donors (Lipinski definition) is 4. The molecule has 2 aliphatic heterocycles. The molecule has 8 nitrogen and oxygen atoms in total. The number of halogens is 2. The second-order valence-electron chi connectivity index (χ2n) is 8.87. The van der Waals surface area contributed by atoms with Crippen LogP contribution in [-0.4, -0.2) is 34.9 Å². The van der Waals surface area contributed by atoms with E-state index in [0.717, 1.165) is 60.2 Å². The summed E-state index contributed by atoms with van der Waals surface area (Å²) in [6, 6.07) is 10.7. The number of nitrogens with one attached hydrogen (secondary N) is 4. The maximum absolute atomic E-state index is 13.0. The Morgan fingerprint density at radius 1 is 0.737 bits per heavy atom. The molecular formula is C26H22Cl2N6O2S2. The SMILES string of the molecule is O=C(Nc1cccc(-c2cccc(NC(=O)c3nc4c(s3)CNCC4)c2Cl)c1Cl)c1nc2c(s1)CNCC2. The molecule has 0 saturated heterocycles. The Labute approximate surface area is 236 Å². The van der Waals surface area contributed by atoms with E-state index in [2.05, 4.69) is 31.2 Å². The number of carbonyl (C=O) groups is 2. The van der Waals surface area contributed by atoms with Gasteiger partial charge < -0.3 is 21.3 Å². The lowest BCUT2D eigenvalue weighted by Gasteiger charge is -2.14. The van der Waals surface area contributed by atoms with E-state index in [1.54, 1.807) is 24.3 Å². The van der Waals surface area contributed by atoms with E-state index < -0.39 is 0 Å². The summed E-state index contributed by atoms with van der Waals surface area (Å²) >= 11 is 16.3. The highest BCUT2D eigenvalue weighted by Crippen LogP contribution is 2.40. The van der Waals surface area contributed by atoms with Crippen molar-refractivity contribution >= 4 is 69.1 Å². The smallest absolute Gasteiger partial charge is 0.284 e. The van der Waals surface area contributed by atoms with Crippen molar-refractivity contribution in [2.24, 2.45) is 0 Å². The van der Waals surface area contributed by atoms with Crippen molar-refractivity contribution in [1.82, 2.24) is 20.6 Å². The fourth-order valence-corrected chi connectivity index (χ4v) is 6.97. The molecule has 0 bridgehead atoms. The molecule has 0 aliphatic carbocycles. The maximum atomic E-state index is 13.0. The second kappa shape index (κ2) is 10.7. The molecular weight excluding hydrogens is 563 g/mol. The van der Waals surface area contributed by atoms with Gasteiger partial charge in [-0.15, -0.1) is 22.7 Å². The van der Waals surface area contributed by atoms with Crippen LogP contribution in [0.15, 0.2) is 36.4 Å². The molecule has 6 rings (SSSR count).